The Balaban J connectivity index is 1.93. The molecule has 25 heavy (non-hydrogen) atoms. The van der Waals surface area contributed by atoms with Crippen molar-refractivity contribution in [2.75, 3.05) is 7.05 Å². The topological polar surface area (TPSA) is 64.4 Å². The van der Waals surface area contributed by atoms with Crippen LogP contribution in [-0.4, -0.2) is 38.4 Å². The van der Waals surface area contributed by atoms with Crippen molar-refractivity contribution >= 4 is 33.4 Å². The quantitative estimate of drug-likeness (QED) is 0.704. The van der Waals surface area contributed by atoms with Crippen LogP contribution in [-0.2, 0) is 9.59 Å². The van der Waals surface area contributed by atoms with E-state index in [1.165, 1.54) is 38.6 Å². The highest BCUT2D eigenvalue weighted by Crippen LogP contribution is 2.69. The molecule has 8 heteroatoms. The summed E-state index contributed by atoms with van der Waals surface area (Å²) in [4.78, 5) is 27.4. The second-order valence-electron chi connectivity index (χ2n) is 7.13. The molecule has 5 rings (SSSR count). The van der Waals surface area contributed by atoms with Crippen molar-refractivity contribution in [2.45, 2.75) is 36.1 Å². The molecule has 0 aromatic heterocycles. The number of carbonyl (C=O) groups is 2. The lowest BCUT2D eigenvalue weighted by atomic mass is 9.79. The van der Waals surface area contributed by atoms with Gasteiger partial charge in [-0.15, -0.1) is 0 Å². The van der Waals surface area contributed by atoms with Gasteiger partial charge in [0.25, 0.3) is 11.8 Å². The summed E-state index contributed by atoms with van der Waals surface area (Å²) in [5.74, 6) is -0.703. The average molecular weight is 377 g/mol. The van der Waals surface area contributed by atoms with Crippen LogP contribution in [0.15, 0.2) is 24.3 Å². The number of fused-ring (bicyclic) bond motifs is 2. The minimum Gasteiger partial charge on any atom is -0.319 e. The summed E-state index contributed by atoms with van der Waals surface area (Å²) >= 11 is 0. The predicted molar refractivity (Wildman–Crippen MR) is 93.4 cm³/mol. The van der Waals surface area contributed by atoms with Crippen LogP contribution in [0.25, 0.3) is 0 Å². The van der Waals surface area contributed by atoms with E-state index in [4.69, 9.17) is 0 Å². The molecule has 0 aliphatic carbocycles. The second-order valence-corrected chi connectivity index (χ2v) is 9.94. The summed E-state index contributed by atoms with van der Waals surface area (Å²) < 4.78 is 13.4. The maximum atomic E-state index is 13.4. The highest BCUT2D eigenvalue weighted by Gasteiger charge is 2.74. The zero-order valence-electron chi connectivity index (χ0n) is 13.9. The minimum absolute atomic E-state index is 0.149. The Hall–Kier alpha value is -1.72. The molecular formula is C17H16FN3O2S2. The van der Waals surface area contributed by atoms with Gasteiger partial charge in [-0.3, -0.25) is 9.59 Å². The van der Waals surface area contributed by atoms with E-state index >= 15 is 0 Å². The highest BCUT2D eigenvalue weighted by molar-refractivity contribution is 8.78. The number of likely N-dealkylation sites (N-methyl/N-ethyl adjacent to an activating group) is 1. The van der Waals surface area contributed by atoms with Crippen LogP contribution in [0, 0.1) is 22.6 Å². The summed E-state index contributed by atoms with van der Waals surface area (Å²) in [7, 11) is 4.38. The lowest BCUT2D eigenvalue weighted by molar-refractivity contribution is -0.164. The smallest absolute Gasteiger partial charge is 0.261 e. The first kappa shape index (κ1) is 16.7. The molecule has 5 nitrogen and oxygen atoms in total. The third kappa shape index (κ3) is 1.86. The van der Waals surface area contributed by atoms with Crippen molar-refractivity contribution in [3.8, 4) is 6.07 Å². The first-order valence-electron chi connectivity index (χ1n) is 7.85. The van der Waals surface area contributed by atoms with Gasteiger partial charge in [0.15, 0.2) is 9.74 Å². The molecule has 4 fully saturated rings. The fourth-order valence-electron chi connectivity index (χ4n) is 4.07. The number of piperazine rings is 1. The lowest BCUT2D eigenvalue weighted by Crippen LogP contribution is -2.73. The van der Waals surface area contributed by atoms with Crippen LogP contribution < -0.4 is 0 Å². The molecule has 4 aliphatic rings. The van der Waals surface area contributed by atoms with E-state index in [1.54, 1.807) is 37.9 Å². The molecule has 4 saturated heterocycles. The molecule has 2 bridgehead atoms. The van der Waals surface area contributed by atoms with Crippen LogP contribution in [0.3, 0.4) is 0 Å². The van der Waals surface area contributed by atoms with Gasteiger partial charge in [-0.05, 0) is 31.5 Å². The lowest BCUT2D eigenvalue weighted by Gasteiger charge is -2.57. The molecule has 4 heterocycles. The molecule has 0 saturated carbocycles. The number of nitrogens with zero attached hydrogens (tertiary/aromatic N) is 3. The largest absolute Gasteiger partial charge is 0.319 e. The van der Waals surface area contributed by atoms with Crippen molar-refractivity contribution < 1.29 is 14.0 Å². The Kier molecular flexibility index (Phi) is 3.29. The molecule has 0 N–H and O–H groups in total. The SMILES string of the molecule is CN1C(=O)[C@@]23C[C@](C)(C#N)[C@H](c4ccc(F)cc4)N2C(=O)[C@@]1(C)SS3. The maximum Gasteiger partial charge on any atom is 0.261 e. The third-order valence-electron chi connectivity index (χ3n) is 5.54. The Morgan fingerprint density at radius 2 is 1.84 bits per heavy atom. The first-order chi connectivity index (χ1) is 11.7. The van der Waals surface area contributed by atoms with Crippen LogP contribution in [0.1, 0.15) is 31.9 Å². The number of amides is 2. The monoisotopic (exact) mass is 377 g/mol. The van der Waals surface area contributed by atoms with Crippen molar-refractivity contribution in [3.05, 3.63) is 35.6 Å². The van der Waals surface area contributed by atoms with Crippen LogP contribution in [0.5, 0.6) is 0 Å². The van der Waals surface area contributed by atoms with E-state index in [0.29, 0.717) is 5.56 Å². The van der Waals surface area contributed by atoms with Gasteiger partial charge in [0, 0.05) is 13.5 Å². The predicted octanol–water partition coefficient (Wildman–Crippen LogP) is 2.91. The molecule has 4 aliphatic heterocycles. The first-order valence-corrected chi connectivity index (χ1v) is 10.0. The van der Waals surface area contributed by atoms with Gasteiger partial charge in [0.2, 0.25) is 0 Å². The van der Waals surface area contributed by atoms with Crippen molar-refractivity contribution in [3.63, 3.8) is 0 Å². The molecule has 2 amide bonds. The van der Waals surface area contributed by atoms with E-state index in [0.717, 1.165) is 0 Å². The Labute approximate surface area is 152 Å². The minimum atomic E-state index is -1.09. The van der Waals surface area contributed by atoms with Crippen molar-refractivity contribution in [2.24, 2.45) is 5.41 Å². The second kappa shape index (κ2) is 4.92. The fourth-order valence-corrected chi connectivity index (χ4v) is 7.65. The molecule has 1 aromatic carbocycles. The van der Waals surface area contributed by atoms with E-state index in [-0.39, 0.29) is 24.1 Å². The summed E-state index contributed by atoms with van der Waals surface area (Å²) in [6.45, 7) is 3.51. The van der Waals surface area contributed by atoms with E-state index < -0.39 is 21.2 Å². The van der Waals surface area contributed by atoms with E-state index in [1.807, 2.05) is 0 Å². The summed E-state index contributed by atoms with van der Waals surface area (Å²) in [5.41, 5.74) is -0.263. The van der Waals surface area contributed by atoms with Crippen LogP contribution in [0.2, 0.25) is 0 Å². The maximum absolute atomic E-state index is 13.4. The van der Waals surface area contributed by atoms with Gasteiger partial charge in [0.1, 0.15) is 5.82 Å². The Bertz CT molecular complexity index is 841. The zero-order valence-corrected chi connectivity index (χ0v) is 15.6. The molecule has 4 atom stereocenters. The van der Waals surface area contributed by atoms with E-state index in [9.17, 15) is 19.2 Å². The summed E-state index contributed by atoms with van der Waals surface area (Å²) in [6.07, 6.45) is 0.251. The van der Waals surface area contributed by atoms with Crippen LogP contribution >= 0.6 is 21.6 Å². The fraction of sp³-hybridized carbons (Fsp3) is 0.471. The van der Waals surface area contributed by atoms with Gasteiger partial charge >= 0.3 is 0 Å². The van der Waals surface area contributed by atoms with Gasteiger partial charge in [-0.25, -0.2) is 4.39 Å². The van der Waals surface area contributed by atoms with Gasteiger partial charge < -0.3 is 9.80 Å². The average Bonchev–Trinajstić information content (AvgIpc) is 2.87. The number of rotatable bonds is 1. The molecule has 1 spiro atoms. The van der Waals surface area contributed by atoms with Gasteiger partial charge in [-0.2, -0.15) is 5.26 Å². The number of benzene rings is 1. The number of hydrogen-bond donors (Lipinski definition) is 0. The van der Waals surface area contributed by atoms with Crippen LogP contribution in [0.4, 0.5) is 4.39 Å². The number of hydrogen-bond acceptors (Lipinski definition) is 5. The molecule has 130 valence electrons. The standard InChI is InChI=1S/C17H16FN3O2S2/c1-15(9-19)8-17-14(23)20(3)16(2,24-25-17)13(22)21(17)12(15)10-4-6-11(18)7-5-10/h4-7,12H,8H2,1-3H3/t12-,15+,16+,17-/m0/s1. The molecular weight excluding hydrogens is 361 g/mol. The molecule has 0 radical (unpaired) electrons. The zero-order chi connectivity index (χ0) is 18.2. The third-order valence-corrected chi connectivity index (χ3v) is 9.23. The Morgan fingerprint density at radius 1 is 1.20 bits per heavy atom. The highest BCUT2D eigenvalue weighted by atomic mass is 33.1. The van der Waals surface area contributed by atoms with Gasteiger partial charge in [0.05, 0.1) is 17.5 Å². The number of carbonyl (C=O) groups excluding carboxylic acids is 2. The number of halogens is 1. The normalized spacial score (nSPS) is 39.6. The molecule has 1 aromatic rings. The molecule has 0 unspecified atom stereocenters. The summed E-state index contributed by atoms with van der Waals surface area (Å²) in [5, 5.41) is 9.88. The van der Waals surface area contributed by atoms with Crippen molar-refractivity contribution in [1.82, 2.24) is 9.80 Å². The van der Waals surface area contributed by atoms with E-state index in [2.05, 4.69) is 6.07 Å². The van der Waals surface area contributed by atoms with Gasteiger partial charge in [-0.1, -0.05) is 33.7 Å². The Morgan fingerprint density at radius 3 is 2.44 bits per heavy atom. The summed E-state index contributed by atoms with van der Waals surface area (Å²) in [6, 6.07) is 7.57. The number of nitriles is 1. The van der Waals surface area contributed by atoms with Crippen molar-refractivity contribution in [1.29, 1.82) is 5.26 Å².